The maximum Gasteiger partial charge on any atom is 0.272 e. The van der Waals surface area contributed by atoms with Crippen molar-refractivity contribution >= 4 is 11.8 Å². The van der Waals surface area contributed by atoms with Gasteiger partial charge < -0.3 is 0 Å². The van der Waals surface area contributed by atoms with Crippen molar-refractivity contribution in [1.29, 1.82) is 0 Å². The summed E-state index contributed by atoms with van der Waals surface area (Å²) in [6, 6.07) is 17.8. The number of carbonyl (C=O) groups is 2. The normalized spacial score (nSPS) is 10.4. The van der Waals surface area contributed by atoms with E-state index in [4.69, 9.17) is 0 Å². The van der Waals surface area contributed by atoms with Gasteiger partial charge in [-0.25, -0.2) is 5.01 Å². The molecule has 0 heterocycles. The average Bonchev–Trinajstić information content (AvgIpc) is 2.55. The number of hydrogen-bond acceptors (Lipinski definition) is 2. The monoisotopic (exact) mass is 296 g/mol. The van der Waals surface area contributed by atoms with Gasteiger partial charge in [0.15, 0.2) is 0 Å². The van der Waals surface area contributed by atoms with Gasteiger partial charge in [-0.3, -0.25) is 14.6 Å². The molecule has 0 aliphatic carbocycles. The van der Waals surface area contributed by atoms with Crippen LogP contribution in [0.25, 0.3) is 0 Å². The van der Waals surface area contributed by atoms with Gasteiger partial charge in [-0.05, 0) is 38.1 Å². The molecule has 0 saturated heterocycles. The third kappa shape index (κ3) is 3.34. The third-order valence-electron chi connectivity index (χ3n) is 3.36. The molecule has 4 heteroatoms. The highest BCUT2D eigenvalue weighted by Crippen LogP contribution is 2.13. The summed E-state index contributed by atoms with van der Waals surface area (Å²) >= 11 is 0. The fourth-order valence-electron chi connectivity index (χ4n) is 2.30. The number of carbonyl (C=O) groups excluding carboxylic acids is 2. The molecule has 0 bridgehead atoms. The zero-order valence-electron chi connectivity index (χ0n) is 13.1. The number of benzene rings is 2. The van der Waals surface area contributed by atoms with E-state index >= 15 is 0 Å². The van der Waals surface area contributed by atoms with Crippen LogP contribution in [0.15, 0.2) is 60.7 Å². The van der Waals surface area contributed by atoms with Crippen molar-refractivity contribution in [2.24, 2.45) is 0 Å². The van der Waals surface area contributed by atoms with E-state index in [9.17, 15) is 9.59 Å². The van der Waals surface area contributed by atoms with Crippen molar-refractivity contribution in [2.75, 3.05) is 7.05 Å². The number of rotatable bonds is 3. The Balaban J connectivity index is 2.28. The zero-order chi connectivity index (χ0) is 16.1. The molecule has 0 saturated carbocycles. The smallest absolute Gasteiger partial charge is 0.267 e. The van der Waals surface area contributed by atoms with Crippen LogP contribution in [0.1, 0.15) is 34.6 Å². The summed E-state index contributed by atoms with van der Waals surface area (Å²) in [4.78, 5) is 25.3. The Kier molecular flexibility index (Phi) is 4.94. The number of hydrogen-bond donors (Lipinski definition) is 0. The molecule has 0 aliphatic heterocycles. The Morgan fingerprint density at radius 3 is 1.59 bits per heavy atom. The van der Waals surface area contributed by atoms with Gasteiger partial charge in [0.05, 0.1) is 0 Å². The summed E-state index contributed by atoms with van der Waals surface area (Å²) in [5.41, 5.74) is 1.11. The van der Waals surface area contributed by atoms with Crippen molar-refractivity contribution in [3.63, 3.8) is 0 Å². The van der Waals surface area contributed by atoms with Crippen LogP contribution in [0.5, 0.6) is 0 Å². The molecule has 2 amide bonds. The molecule has 0 radical (unpaired) electrons. The second-order valence-electron chi connectivity index (χ2n) is 5.30. The number of nitrogens with zero attached hydrogens (tertiary/aromatic N) is 2. The van der Waals surface area contributed by atoms with Crippen molar-refractivity contribution in [3.05, 3.63) is 71.8 Å². The fourth-order valence-corrected chi connectivity index (χ4v) is 2.30. The highest BCUT2D eigenvalue weighted by atomic mass is 16.2. The molecule has 0 aliphatic rings. The van der Waals surface area contributed by atoms with Gasteiger partial charge in [-0.15, -0.1) is 0 Å². The predicted octanol–water partition coefficient (Wildman–Crippen LogP) is 3.22. The standard InChI is InChI=1S/C18H20N2O2/c1-14(2)20(18(22)16-12-8-5-9-13-16)19(3)17(21)15-10-6-4-7-11-15/h4-14H,1-3H3. The highest BCUT2D eigenvalue weighted by molar-refractivity contribution is 5.99. The lowest BCUT2D eigenvalue weighted by Gasteiger charge is -2.35. The fraction of sp³-hybridized carbons (Fsp3) is 0.222. The molecule has 0 aromatic heterocycles. The second kappa shape index (κ2) is 6.89. The summed E-state index contributed by atoms with van der Waals surface area (Å²) < 4.78 is 0. The molecule has 2 aromatic rings. The van der Waals surface area contributed by atoms with Gasteiger partial charge in [-0.1, -0.05) is 36.4 Å². The van der Waals surface area contributed by atoms with E-state index in [2.05, 4.69) is 0 Å². The summed E-state index contributed by atoms with van der Waals surface area (Å²) in [5, 5.41) is 2.86. The Labute approximate surface area is 130 Å². The SMILES string of the molecule is CC(C)N(C(=O)c1ccccc1)N(C)C(=O)c1ccccc1. The van der Waals surface area contributed by atoms with Crippen LogP contribution >= 0.6 is 0 Å². The maximum absolute atomic E-state index is 12.7. The molecular formula is C18H20N2O2. The molecule has 2 aromatic carbocycles. The van der Waals surface area contributed by atoms with Gasteiger partial charge in [0.2, 0.25) is 0 Å². The first-order valence-corrected chi connectivity index (χ1v) is 7.24. The summed E-state index contributed by atoms with van der Waals surface area (Å²) in [6.07, 6.45) is 0. The Morgan fingerprint density at radius 2 is 1.18 bits per heavy atom. The molecule has 0 fully saturated rings. The Morgan fingerprint density at radius 1 is 0.773 bits per heavy atom. The van der Waals surface area contributed by atoms with E-state index in [1.54, 1.807) is 43.4 Å². The summed E-state index contributed by atoms with van der Waals surface area (Å²) in [7, 11) is 1.62. The molecule has 0 unspecified atom stereocenters. The van der Waals surface area contributed by atoms with Crippen LogP contribution in [0.2, 0.25) is 0 Å². The second-order valence-corrected chi connectivity index (χ2v) is 5.30. The van der Waals surface area contributed by atoms with E-state index in [1.165, 1.54) is 10.0 Å². The Hall–Kier alpha value is -2.62. The minimum Gasteiger partial charge on any atom is -0.267 e. The third-order valence-corrected chi connectivity index (χ3v) is 3.36. The number of hydrazine groups is 1. The molecule has 2 rings (SSSR count). The van der Waals surface area contributed by atoms with Gasteiger partial charge in [-0.2, -0.15) is 0 Å². The predicted molar refractivity (Wildman–Crippen MR) is 86.3 cm³/mol. The minimum atomic E-state index is -0.210. The first-order valence-electron chi connectivity index (χ1n) is 7.24. The van der Waals surface area contributed by atoms with E-state index in [0.717, 1.165) is 0 Å². The van der Waals surface area contributed by atoms with E-state index in [1.807, 2.05) is 38.1 Å². The van der Waals surface area contributed by atoms with Crippen LogP contribution in [0, 0.1) is 0 Å². The van der Waals surface area contributed by atoms with Crippen molar-refractivity contribution in [1.82, 2.24) is 10.0 Å². The lowest BCUT2D eigenvalue weighted by atomic mass is 10.2. The van der Waals surface area contributed by atoms with Gasteiger partial charge >= 0.3 is 0 Å². The zero-order valence-corrected chi connectivity index (χ0v) is 13.1. The van der Waals surface area contributed by atoms with E-state index in [0.29, 0.717) is 11.1 Å². The summed E-state index contributed by atoms with van der Waals surface area (Å²) in [5.74, 6) is -0.402. The highest BCUT2D eigenvalue weighted by Gasteiger charge is 2.26. The van der Waals surface area contributed by atoms with E-state index < -0.39 is 0 Å². The first-order chi connectivity index (χ1) is 10.5. The van der Waals surface area contributed by atoms with E-state index in [-0.39, 0.29) is 17.9 Å². The van der Waals surface area contributed by atoms with Crippen molar-refractivity contribution < 1.29 is 9.59 Å². The topological polar surface area (TPSA) is 40.6 Å². The van der Waals surface area contributed by atoms with Gasteiger partial charge in [0.1, 0.15) is 0 Å². The molecule has 114 valence electrons. The van der Waals surface area contributed by atoms with Crippen molar-refractivity contribution in [2.45, 2.75) is 19.9 Å². The lowest BCUT2D eigenvalue weighted by Crippen LogP contribution is -2.51. The quantitative estimate of drug-likeness (QED) is 0.816. The maximum atomic E-state index is 12.7. The van der Waals surface area contributed by atoms with Crippen LogP contribution < -0.4 is 0 Å². The largest absolute Gasteiger partial charge is 0.272 e. The molecule has 0 atom stereocenters. The summed E-state index contributed by atoms with van der Waals surface area (Å²) in [6.45, 7) is 3.77. The molecule has 0 N–H and O–H groups in total. The first kappa shape index (κ1) is 15.8. The average molecular weight is 296 g/mol. The molecule has 4 nitrogen and oxygen atoms in total. The minimum absolute atomic E-state index is 0.134. The van der Waals surface area contributed by atoms with Crippen LogP contribution in [0.4, 0.5) is 0 Å². The van der Waals surface area contributed by atoms with Gasteiger partial charge in [0.25, 0.3) is 11.8 Å². The van der Waals surface area contributed by atoms with Crippen LogP contribution in [-0.2, 0) is 0 Å². The lowest BCUT2D eigenvalue weighted by molar-refractivity contribution is -0.00505. The molecular weight excluding hydrogens is 276 g/mol. The van der Waals surface area contributed by atoms with Crippen LogP contribution in [-0.4, -0.2) is 34.9 Å². The number of amides is 2. The van der Waals surface area contributed by atoms with Crippen LogP contribution in [0.3, 0.4) is 0 Å². The van der Waals surface area contributed by atoms with Crippen molar-refractivity contribution in [3.8, 4) is 0 Å². The Bertz CT molecular complexity index is 639. The van der Waals surface area contributed by atoms with Gasteiger partial charge in [0, 0.05) is 24.2 Å². The molecule has 22 heavy (non-hydrogen) atoms. The molecule has 0 spiro atoms.